The maximum atomic E-state index is 4.24. The van der Waals surface area contributed by atoms with Crippen molar-refractivity contribution in [2.45, 2.75) is 6.92 Å². The minimum absolute atomic E-state index is 0.864. The summed E-state index contributed by atoms with van der Waals surface area (Å²) < 4.78 is 0. The van der Waals surface area contributed by atoms with Crippen LogP contribution in [0.1, 0.15) is 6.92 Å². The summed E-state index contributed by atoms with van der Waals surface area (Å²) in [4.78, 5) is 1.03. The molecule has 0 fully saturated rings. The predicted molar refractivity (Wildman–Crippen MR) is 42.0 cm³/mol. The summed E-state index contributed by atoms with van der Waals surface area (Å²) in [5.74, 6) is 0. The summed E-state index contributed by atoms with van der Waals surface area (Å²) in [6, 6.07) is 0. The van der Waals surface area contributed by atoms with E-state index in [1.165, 1.54) is 5.57 Å². The number of rotatable bonds is 1. The third-order valence-electron chi connectivity index (χ3n) is 1.23. The van der Waals surface area contributed by atoms with Crippen LogP contribution in [0, 0.1) is 0 Å². The van der Waals surface area contributed by atoms with Crippen LogP contribution in [0.2, 0.25) is 0 Å². The summed E-state index contributed by atoms with van der Waals surface area (Å²) in [5, 5.41) is 0. The van der Waals surface area contributed by atoms with E-state index in [0.29, 0.717) is 0 Å². The molecule has 0 aliphatic carbocycles. The van der Waals surface area contributed by atoms with Gasteiger partial charge in [0, 0.05) is 17.6 Å². The molecular formula is C6H10N2S. The Morgan fingerprint density at radius 2 is 2.67 bits per heavy atom. The second-order valence-corrected chi connectivity index (χ2v) is 2.32. The monoisotopic (exact) mass is 142 g/mol. The quantitative estimate of drug-likeness (QED) is 0.472. The average Bonchev–Trinajstić information content (AvgIpc) is 2.37. The van der Waals surface area contributed by atoms with Gasteiger partial charge >= 0.3 is 0 Å². The third-order valence-corrected chi connectivity index (χ3v) is 1.78. The van der Waals surface area contributed by atoms with Gasteiger partial charge in [-0.1, -0.05) is 6.08 Å². The largest absolute Gasteiger partial charge is 0.328 e. The maximum absolute atomic E-state index is 4.24. The molecule has 9 heavy (non-hydrogen) atoms. The molecule has 0 unspecified atom stereocenters. The lowest BCUT2D eigenvalue weighted by Crippen LogP contribution is -2.20. The van der Waals surface area contributed by atoms with Crippen molar-refractivity contribution in [2.75, 3.05) is 6.54 Å². The first kappa shape index (κ1) is 6.71. The Balaban J connectivity index is 2.61. The van der Waals surface area contributed by atoms with Gasteiger partial charge in [-0.25, -0.2) is 5.43 Å². The summed E-state index contributed by atoms with van der Waals surface area (Å²) in [7, 11) is 0. The number of allylic oxidation sites excluding steroid dienone is 1. The lowest BCUT2D eigenvalue weighted by atomic mass is 10.3. The van der Waals surface area contributed by atoms with Crippen molar-refractivity contribution in [3.63, 3.8) is 0 Å². The fraction of sp³-hybridized carbons (Fsp3) is 0.333. The molecule has 1 heterocycles. The molecule has 50 valence electrons. The van der Waals surface area contributed by atoms with Gasteiger partial charge < -0.3 is 5.43 Å². The topological polar surface area (TPSA) is 24.1 Å². The van der Waals surface area contributed by atoms with E-state index in [1.807, 2.05) is 19.2 Å². The Kier molecular flexibility index (Phi) is 2.19. The van der Waals surface area contributed by atoms with Crippen LogP contribution in [-0.2, 0) is 0 Å². The van der Waals surface area contributed by atoms with Crippen LogP contribution in [0.4, 0.5) is 0 Å². The predicted octanol–water partition coefficient (Wildman–Crippen LogP) is 0.812. The van der Waals surface area contributed by atoms with E-state index in [2.05, 4.69) is 23.5 Å². The molecule has 2 nitrogen and oxygen atoms in total. The van der Waals surface area contributed by atoms with Gasteiger partial charge in [0.15, 0.2) is 0 Å². The minimum Gasteiger partial charge on any atom is -0.328 e. The van der Waals surface area contributed by atoms with Gasteiger partial charge in [-0.2, -0.15) is 0 Å². The van der Waals surface area contributed by atoms with E-state index in [1.54, 1.807) is 0 Å². The third kappa shape index (κ3) is 1.50. The normalized spacial score (nSPS) is 19.3. The second-order valence-electron chi connectivity index (χ2n) is 1.84. The first-order chi connectivity index (χ1) is 4.34. The molecule has 1 aliphatic heterocycles. The van der Waals surface area contributed by atoms with E-state index in [-0.39, 0.29) is 0 Å². The van der Waals surface area contributed by atoms with Gasteiger partial charge in [-0.15, -0.1) is 12.6 Å². The van der Waals surface area contributed by atoms with Gasteiger partial charge in [0.1, 0.15) is 0 Å². The van der Waals surface area contributed by atoms with Gasteiger partial charge in [0.2, 0.25) is 0 Å². The molecule has 0 aromatic carbocycles. The van der Waals surface area contributed by atoms with Crippen LogP contribution in [0.3, 0.4) is 0 Å². The van der Waals surface area contributed by atoms with E-state index >= 15 is 0 Å². The number of thiol groups is 1. The smallest absolute Gasteiger partial charge is 0.0424 e. The van der Waals surface area contributed by atoms with E-state index in [4.69, 9.17) is 0 Å². The molecule has 2 N–H and O–H groups in total. The van der Waals surface area contributed by atoms with Gasteiger partial charge in [0.25, 0.3) is 0 Å². The van der Waals surface area contributed by atoms with Crippen LogP contribution < -0.4 is 10.9 Å². The number of hydrogen-bond donors (Lipinski definition) is 3. The Morgan fingerprint density at radius 1 is 1.89 bits per heavy atom. The summed E-state index contributed by atoms with van der Waals surface area (Å²) in [6.07, 6.45) is 3.89. The zero-order valence-electron chi connectivity index (χ0n) is 5.31. The molecule has 0 bridgehead atoms. The number of nitrogens with one attached hydrogen (secondary N) is 2. The molecule has 0 spiro atoms. The van der Waals surface area contributed by atoms with E-state index in [0.717, 1.165) is 11.4 Å². The minimum atomic E-state index is 0.864. The Hall–Kier alpha value is -0.410. The summed E-state index contributed by atoms with van der Waals surface area (Å²) >= 11 is 4.24. The van der Waals surface area contributed by atoms with Gasteiger partial charge in [-0.05, 0) is 12.5 Å². The zero-order valence-corrected chi connectivity index (χ0v) is 6.20. The molecule has 0 aromatic rings. The SMILES string of the molecule is C/C=C(\S)C1=CNNC1. The first-order valence-corrected chi connectivity index (χ1v) is 3.32. The number of hydrazine groups is 1. The van der Waals surface area contributed by atoms with Crippen LogP contribution in [0.15, 0.2) is 22.8 Å². The molecule has 1 rings (SSSR count). The maximum Gasteiger partial charge on any atom is 0.0424 e. The fourth-order valence-corrected chi connectivity index (χ4v) is 0.829. The molecular weight excluding hydrogens is 132 g/mol. The van der Waals surface area contributed by atoms with Crippen molar-refractivity contribution in [1.29, 1.82) is 0 Å². The molecule has 0 saturated carbocycles. The molecule has 1 aliphatic rings. The Morgan fingerprint density at radius 3 is 3.11 bits per heavy atom. The standard InChI is InChI=1S/C6H10N2S/c1-2-6(9)5-3-7-8-4-5/h2-3,7-9H,4H2,1H3/b6-2-. The molecule has 0 aromatic heterocycles. The highest BCUT2D eigenvalue weighted by Gasteiger charge is 2.03. The molecule has 0 saturated heterocycles. The van der Waals surface area contributed by atoms with Crippen molar-refractivity contribution in [3.8, 4) is 0 Å². The average molecular weight is 142 g/mol. The van der Waals surface area contributed by atoms with E-state index in [9.17, 15) is 0 Å². The van der Waals surface area contributed by atoms with Crippen LogP contribution in [-0.4, -0.2) is 6.54 Å². The highest BCUT2D eigenvalue weighted by atomic mass is 32.1. The van der Waals surface area contributed by atoms with Crippen LogP contribution in [0.5, 0.6) is 0 Å². The highest BCUT2D eigenvalue weighted by molar-refractivity contribution is 7.84. The molecule has 0 radical (unpaired) electrons. The van der Waals surface area contributed by atoms with Crippen LogP contribution in [0.25, 0.3) is 0 Å². The fourth-order valence-electron chi connectivity index (χ4n) is 0.685. The van der Waals surface area contributed by atoms with Crippen molar-refractivity contribution in [3.05, 3.63) is 22.8 Å². The van der Waals surface area contributed by atoms with Crippen LogP contribution >= 0.6 is 12.6 Å². The first-order valence-electron chi connectivity index (χ1n) is 2.87. The second kappa shape index (κ2) is 2.94. The lowest BCUT2D eigenvalue weighted by Gasteiger charge is -1.95. The Bertz CT molecular complexity index is 160. The van der Waals surface area contributed by atoms with E-state index < -0.39 is 0 Å². The molecule has 0 atom stereocenters. The van der Waals surface area contributed by atoms with Gasteiger partial charge in [0.05, 0.1) is 0 Å². The zero-order chi connectivity index (χ0) is 6.69. The summed E-state index contributed by atoms with van der Waals surface area (Å²) in [5.41, 5.74) is 7.05. The van der Waals surface area contributed by atoms with Crippen molar-refractivity contribution in [1.82, 2.24) is 10.9 Å². The van der Waals surface area contributed by atoms with Gasteiger partial charge in [-0.3, -0.25) is 0 Å². The van der Waals surface area contributed by atoms with Crippen molar-refractivity contribution in [2.24, 2.45) is 0 Å². The highest BCUT2D eigenvalue weighted by Crippen LogP contribution is 2.13. The molecule has 0 amide bonds. The number of hydrogen-bond acceptors (Lipinski definition) is 3. The van der Waals surface area contributed by atoms with Crippen molar-refractivity contribution >= 4 is 12.6 Å². The summed E-state index contributed by atoms with van der Waals surface area (Å²) in [6.45, 7) is 2.84. The van der Waals surface area contributed by atoms with Crippen molar-refractivity contribution < 1.29 is 0 Å². The Labute approximate surface area is 60.4 Å². The molecule has 3 heteroatoms. The lowest BCUT2D eigenvalue weighted by molar-refractivity contribution is 0.724.